The Balaban J connectivity index is 1.32. The zero-order valence-corrected chi connectivity index (χ0v) is 18.8. The Hall–Kier alpha value is -1.87. The molecule has 0 spiro atoms. The molecule has 1 aromatic rings. The molecule has 2 N–H and O–H groups in total. The summed E-state index contributed by atoms with van der Waals surface area (Å²) in [6, 6.07) is 8.44. The number of rotatable bonds is 5. The quantitative estimate of drug-likeness (QED) is 0.411. The van der Waals surface area contributed by atoms with Crippen molar-refractivity contribution in [2.75, 3.05) is 51.2 Å². The van der Waals surface area contributed by atoms with Gasteiger partial charge in [0, 0.05) is 61.7 Å². The molecule has 168 valence electrons. The fourth-order valence-electron chi connectivity index (χ4n) is 4.45. The first-order valence-corrected chi connectivity index (χ1v) is 11.8. The Morgan fingerprint density at radius 1 is 1.13 bits per heavy atom. The number of carbonyl (C=O) groups is 1. The first-order valence-electron chi connectivity index (χ1n) is 11.0. The molecule has 2 unspecified atom stereocenters. The molecule has 2 heterocycles. The summed E-state index contributed by atoms with van der Waals surface area (Å²) in [6.07, 6.45) is 5.91. The van der Waals surface area contributed by atoms with Crippen molar-refractivity contribution in [2.24, 2.45) is 0 Å². The molecule has 31 heavy (non-hydrogen) atoms. The third-order valence-electron chi connectivity index (χ3n) is 6.43. The van der Waals surface area contributed by atoms with Gasteiger partial charge >= 0.3 is 0 Å². The number of carbonyl (C=O) groups excluding carboxylic acids is 1. The van der Waals surface area contributed by atoms with E-state index in [0.29, 0.717) is 25.1 Å². The van der Waals surface area contributed by atoms with Crippen LogP contribution in [0.25, 0.3) is 0 Å². The number of halogens is 1. The smallest absolute Gasteiger partial charge is 0.270 e. The van der Waals surface area contributed by atoms with E-state index < -0.39 is 5.91 Å². The van der Waals surface area contributed by atoms with Gasteiger partial charge in [-0.1, -0.05) is 30.2 Å². The van der Waals surface area contributed by atoms with Crippen molar-refractivity contribution in [3.8, 4) is 0 Å². The van der Waals surface area contributed by atoms with Gasteiger partial charge in [-0.05, 0) is 50.1 Å². The van der Waals surface area contributed by atoms with E-state index >= 15 is 0 Å². The van der Waals surface area contributed by atoms with E-state index in [2.05, 4.69) is 45.4 Å². The summed E-state index contributed by atoms with van der Waals surface area (Å²) < 4.78 is 17.1. The molecule has 0 bridgehead atoms. The van der Waals surface area contributed by atoms with Gasteiger partial charge in [0.1, 0.15) is 5.83 Å². The van der Waals surface area contributed by atoms with Crippen molar-refractivity contribution in [3.63, 3.8) is 0 Å². The number of nitrogens with zero attached hydrogens (tertiary/aromatic N) is 3. The monoisotopic (exact) mass is 446 g/mol. The Labute approximate surface area is 187 Å². The third-order valence-corrected chi connectivity index (χ3v) is 7.70. The average molecular weight is 447 g/mol. The van der Waals surface area contributed by atoms with Gasteiger partial charge in [-0.25, -0.2) is 14.2 Å². The number of hydroxylamine groups is 1. The number of anilines is 1. The Morgan fingerprint density at radius 3 is 2.48 bits per heavy atom. The molecule has 6 nitrogen and oxygen atoms in total. The number of nitrogens with one attached hydrogen (secondary N) is 1. The highest BCUT2D eigenvalue weighted by Crippen LogP contribution is 2.40. The lowest BCUT2D eigenvalue weighted by molar-refractivity contribution is -0.125. The lowest BCUT2D eigenvalue weighted by Gasteiger charge is -2.34. The molecule has 0 saturated carbocycles. The summed E-state index contributed by atoms with van der Waals surface area (Å²) in [5, 5.41) is 8.85. The molecule has 2 aliphatic heterocycles. The van der Waals surface area contributed by atoms with Crippen molar-refractivity contribution in [1.29, 1.82) is 0 Å². The summed E-state index contributed by atoms with van der Waals surface area (Å²) in [4.78, 5) is 16.2. The van der Waals surface area contributed by atoms with Gasteiger partial charge < -0.3 is 9.80 Å². The molecule has 2 atom stereocenters. The van der Waals surface area contributed by atoms with Gasteiger partial charge in [0.2, 0.25) is 0 Å². The highest BCUT2D eigenvalue weighted by Gasteiger charge is 2.27. The van der Waals surface area contributed by atoms with Crippen LogP contribution in [-0.2, 0) is 4.79 Å². The normalized spacial score (nSPS) is 25.7. The molecule has 0 aromatic heterocycles. The maximum absolute atomic E-state index is 15.0. The number of likely N-dealkylation sites (N-methyl/N-ethyl adjacent to an activating group) is 1. The Morgan fingerprint density at radius 2 is 1.87 bits per heavy atom. The average Bonchev–Trinajstić information content (AvgIpc) is 2.80. The molecule has 3 aliphatic rings. The summed E-state index contributed by atoms with van der Waals surface area (Å²) in [5.41, 5.74) is 4.56. The van der Waals surface area contributed by atoms with E-state index in [0.717, 1.165) is 44.6 Å². The van der Waals surface area contributed by atoms with Crippen LogP contribution in [0.5, 0.6) is 0 Å². The number of allylic oxidation sites excluding steroid dienone is 1. The topological polar surface area (TPSA) is 59.0 Å². The Kier molecular flexibility index (Phi) is 7.32. The maximum atomic E-state index is 15.0. The molecular weight excluding hydrogens is 415 g/mol. The number of amides is 1. The van der Waals surface area contributed by atoms with Crippen molar-refractivity contribution in [1.82, 2.24) is 14.7 Å². The van der Waals surface area contributed by atoms with Gasteiger partial charge in [0.25, 0.3) is 5.91 Å². The maximum Gasteiger partial charge on any atom is 0.270 e. The van der Waals surface area contributed by atoms with Gasteiger partial charge in [0.05, 0.1) is 0 Å². The highest BCUT2D eigenvalue weighted by atomic mass is 32.2. The van der Waals surface area contributed by atoms with Crippen LogP contribution in [0.4, 0.5) is 10.1 Å². The first kappa shape index (κ1) is 22.3. The molecule has 1 aliphatic carbocycles. The van der Waals surface area contributed by atoms with E-state index in [1.165, 1.54) is 5.69 Å². The molecule has 0 radical (unpaired) electrons. The van der Waals surface area contributed by atoms with Crippen molar-refractivity contribution >= 4 is 23.5 Å². The van der Waals surface area contributed by atoms with Crippen LogP contribution >= 0.6 is 11.9 Å². The van der Waals surface area contributed by atoms with E-state index in [1.807, 2.05) is 6.08 Å². The molecule has 4 rings (SSSR count). The third kappa shape index (κ3) is 5.49. The zero-order chi connectivity index (χ0) is 21.8. The standard InChI is InChI=1S/C23H31FN4O2S/c1-26-12-14-27(15-13-26)19-4-2-17(3-5-19)21-7-6-20(16-22(21)24)31-28-10-8-18(9-11-28)23(29)25-30/h2-5,8,16,20-21,30H,6-7,9-15H2,1H3,(H,25,29). The molecule has 8 heteroatoms. The minimum Gasteiger partial charge on any atom is -0.369 e. The van der Waals surface area contributed by atoms with E-state index in [-0.39, 0.29) is 17.0 Å². The lowest BCUT2D eigenvalue weighted by atomic mass is 9.88. The predicted molar refractivity (Wildman–Crippen MR) is 123 cm³/mol. The molecule has 1 aromatic carbocycles. The largest absolute Gasteiger partial charge is 0.369 e. The number of hydrogen-bond acceptors (Lipinski definition) is 6. The van der Waals surface area contributed by atoms with Crippen LogP contribution in [0.2, 0.25) is 0 Å². The van der Waals surface area contributed by atoms with Gasteiger partial charge in [0.15, 0.2) is 0 Å². The van der Waals surface area contributed by atoms with Crippen LogP contribution < -0.4 is 10.4 Å². The van der Waals surface area contributed by atoms with Crippen LogP contribution in [0.15, 0.2) is 47.8 Å². The highest BCUT2D eigenvalue weighted by molar-refractivity contribution is 7.97. The molecule has 1 saturated heterocycles. The van der Waals surface area contributed by atoms with E-state index in [9.17, 15) is 9.18 Å². The van der Waals surface area contributed by atoms with Gasteiger partial charge in [-0.15, -0.1) is 0 Å². The zero-order valence-electron chi connectivity index (χ0n) is 18.0. The van der Waals surface area contributed by atoms with E-state index in [4.69, 9.17) is 5.21 Å². The summed E-state index contributed by atoms with van der Waals surface area (Å²) in [7, 11) is 2.15. The number of benzene rings is 1. The number of piperazine rings is 1. The first-order chi connectivity index (χ1) is 15.0. The lowest BCUT2D eigenvalue weighted by Crippen LogP contribution is -2.44. The summed E-state index contributed by atoms with van der Waals surface area (Å²) >= 11 is 1.65. The second kappa shape index (κ2) is 10.2. The van der Waals surface area contributed by atoms with Gasteiger partial charge in [-0.2, -0.15) is 0 Å². The van der Waals surface area contributed by atoms with Crippen molar-refractivity contribution < 1.29 is 14.4 Å². The fourth-order valence-corrected chi connectivity index (χ4v) is 5.63. The van der Waals surface area contributed by atoms with Crippen LogP contribution in [0.3, 0.4) is 0 Å². The van der Waals surface area contributed by atoms with Crippen LogP contribution in [0, 0.1) is 0 Å². The minimum absolute atomic E-state index is 0.0380. The molecular formula is C23H31FN4O2S. The molecule has 1 fully saturated rings. The number of hydrogen-bond donors (Lipinski definition) is 2. The van der Waals surface area contributed by atoms with Crippen molar-refractivity contribution in [3.05, 3.63) is 53.4 Å². The minimum atomic E-state index is -0.435. The van der Waals surface area contributed by atoms with Crippen LogP contribution in [0.1, 0.15) is 30.7 Å². The SMILES string of the molecule is CN1CCN(c2ccc(C3CCC(SN4CC=C(C(=O)NO)CC4)C=C3F)cc2)CC1. The fraction of sp³-hybridized carbons (Fsp3) is 0.522. The second-order valence-corrected chi connectivity index (χ2v) is 9.85. The summed E-state index contributed by atoms with van der Waals surface area (Å²) in [6.45, 7) is 5.55. The molecule has 1 amide bonds. The second-order valence-electron chi connectivity index (χ2n) is 8.52. The van der Waals surface area contributed by atoms with E-state index in [1.54, 1.807) is 23.5 Å². The predicted octanol–water partition coefficient (Wildman–Crippen LogP) is 3.32. The van der Waals surface area contributed by atoms with Crippen molar-refractivity contribution in [2.45, 2.75) is 30.4 Å². The van der Waals surface area contributed by atoms with Gasteiger partial charge in [-0.3, -0.25) is 10.0 Å². The summed E-state index contributed by atoms with van der Waals surface area (Å²) in [5.74, 6) is -0.627. The van der Waals surface area contributed by atoms with Crippen LogP contribution in [-0.4, -0.2) is 71.9 Å². The Bertz CT molecular complexity index is 836.